The van der Waals surface area contributed by atoms with Crippen LogP contribution in [0.25, 0.3) is 0 Å². The third kappa shape index (κ3) is 4.92. The Morgan fingerprint density at radius 3 is 2.84 bits per heavy atom. The maximum atomic E-state index is 12.1. The van der Waals surface area contributed by atoms with Crippen LogP contribution in [0.5, 0.6) is 5.75 Å². The summed E-state index contributed by atoms with van der Waals surface area (Å²) in [5, 5.41) is 11.2. The number of alkyl halides is 2. The van der Waals surface area contributed by atoms with Gasteiger partial charge in [-0.3, -0.25) is 4.79 Å². The number of amides is 1. The summed E-state index contributed by atoms with van der Waals surface area (Å²) < 4.78 is 28.3. The number of nitrogens with zero attached hydrogens (tertiary/aromatic N) is 1. The number of nitriles is 1. The van der Waals surface area contributed by atoms with Crippen LogP contribution < -0.4 is 10.1 Å². The van der Waals surface area contributed by atoms with E-state index in [9.17, 15) is 13.6 Å². The van der Waals surface area contributed by atoms with Crippen molar-refractivity contribution in [2.45, 2.75) is 32.4 Å². The van der Waals surface area contributed by atoms with Crippen molar-refractivity contribution in [3.8, 4) is 11.8 Å². The first-order valence-corrected chi connectivity index (χ1v) is 5.79. The number of carbonyl (C=O) groups is 1. The molecule has 6 heteroatoms. The Kier molecular flexibility index (Phi) is 5.73. The minimum Gasteiger partial charge on any atom is -0.435 e. The average Bonchev–Trinajstić information content (AvgIpc) is 2.37. The minimum atomic E-state index is -2.93. The summed E-state index contributed by atoms with van der Waals surface area (Å²) in [4.78, 5) is 11.9. The van der Waals surface area contributed by atoms with E-state index < -0.39 is 12.5 Å². The summed E-state index contributed by atoms with van der Waals surface area (Å²) in [6.45, 7) is -1.08. The first kappa shape index (κ1) is 14.9. The lowest BCUT2D eigenvalue weighted by molar-refractivity contribution is -0.0498. The van der Waals surface area contributed by atoms with Gasteiger partial charge in [-0.1, -0.05) is 13.0 Å². The topological polar surface area (TPSA) is 62.1 Å². The van der Waals surface area contributed by atoms with E-state index in [4.69, 9.17) is 5.26 Å². The van der Waals surface area contributed by atoms with Gasteiger partial charge in [0.15, 0.2) is 0 Å². The lowest BCUT2D eigenvalue weighted by Gasteiger charge is -2.14. The molecule has 0 spiro atoms. The summed E-state index contributed by atoms with van der Waals surface area (Å²) in [6.07, 6.45) is 0.821. The molecule has 102 valence electrons. The molecule has 0 bridgehead atoms. The molecule has 0 saturated heterocycles. The predicted molar refractivity (Wildman–Crippen MR) is 64.8 cm³/mol. The van der Waals surface area contributed by atoms with Crippen molar-refractivity contribution in [1.29, 1.82) is 5.26 Å². The zero-order chi connectivity index (χ0) is 14.3. The van der Waals surface area contributed by atoms with E-state index in [1.807, 2.05) is 13.0 Å². The second-order valence-corrected chi connectivity index (χ2v) is 3.85. The molecule has 19 heavy (non-hydrogen) atoms. The van der Waals surface area contributed by atoms with E-state index in [-0.39, 0.29) is 23.8 Å². The van der Waals surface area contributed by atoms with Gasteiger partial charge in [0, 0.05) is 11.6 Å². The largest absolute Gasteiger partial charge is 0.435 e. The van der Waals surface area contributed by atoms with Gasteiger partial charge in [-0.2, -0.15) is 14.0 Å². The van der Waals surface area contributed by atoms with Crippen molar-refractivity contribution in [1.82, 2.24) is 5.32 Å². The van der Waals surface area contributed by atoms with Crippen LogP contribution in [0.2, 0.25) is 0 Å². The standard InChI is InChI=1S/C13H14F2N2O2/c1-2-10(6-7-16)17-12(18)9-4-3-5-11(8-9)19-13(14)15/h3-5,8,10,13H,2,6H2,1H3,(H,17,18). The number of hydrogen-bond acceptors (Lipinski definition) is 3. The molecule has 1 N–H and O–H groups in total. The molecule has 1 aromatic rings. The summed E-state index contributed by atoms with van der Waals surface area (Å²) >= 11 is 0. The van der Waals surface area contributed by atoms with Gasteiger partial charge in [-0.05, 0) is 24.6 Å². The van der Waals surface area contributed by atoms with Crippen molar-refractivity contribution in [2.24, 2.45) is 0 Å². The SMILES string of the molecule is CCC(CC#N)NC(=O)c1cccc(OC(F)F)c1. The fourth-order valence-electron chi connectivity index (χ4n) is 1.49. The minimum absolute atomic E-state index is 0.0732. The lowest BCUT2D eigenvalue weighted by atomic mass is 10.1. The molecule has 0 aromatic heterocycles. The van der Waals surface area contributed by atoms with Crippen molar-refractivity contribution in [3.63, 3.8) is 0 Å². The average molecular weight is 268 g/mol. The highest BCUT2D eigenvalue weighted by Crippen LogP contribution is 2.16. The molecular weight excluding hydrogens is 254 g/mol. The van der Waals surface area contributed by atoms with Crippen LogP contribution in [-0.2, 0) is 0 Å². The molecule has 1 unspecified atom stereocenters. The zero-order valence-corrected chi connectivity index (χ0v) is 10.4. The van der Waals surface area contributed by atoms with Crippen LogP contribution in [0.15, 0.2) is 24.3 Å². The van der Waals surface area contributed by atoms with Gasteiger partial charge >= 0.3 is 6.61 Å². The Morgan fingerprint density at radius 1 is 1.53 bits per heavy atom. The summed E-state index contributed by atoms with van der Waals surface area (Å²) in [7, 11) is 0. The Labute approximate surface area is 110 Å². The number of carbonyl (C=O) groups excluding carboxylic acids is 1. The zero-order valence-electron chi connectivity index (χ0n) is 10.4. The molecular formula is C13H14F2N2O2. The number of rotatable bonds is 6. The van der Waals surface area contributed by atoms with Gasteiger partial charge in [-0.15, -0.1) is 0 Å². The molecule has 1 atom stereocenters. The second-order valence-electron chi connectivity index (χ2n) is 3.85. The quantitative estimate of drug-likeness (QED) is 0.862. The summed E-state index contributed by atoms with van der Waals surface area (Å²) in [5.41, 5.74) is 0.217. The van der Waals surface area contributed by atoms with E-state index in [0.717, 1.165) is 0 Å². The van der Waals surface area contributed by atoms with Crippen molar-refractivity contribution in [3.05, 3.63) is 29.8 Å². The molecule has 1 amide bonds. The third-order valence-corrected chi connectivity index (χ3v) is 2.49. The number of benzene rings is 1. The van der Waals surface area contributed by atoms with E-state index in [1.165, 1.54) is 24.3 Å². The monoisotopic (exact) mass is 268 g/mol. The Hall–Kier alpha value is -2.16. The van der Waals surface area contributed by atoms with Crippen LogP contribution in [-0.4, -0.2) is 18.6 Å². The maximum Gasteiger partial charge on any atom is 0.387 e. The fourth-order valence-corrected chi connectivity index (χ4v) is 1.49. The first-order chi connectivity index (χ1) is 9.06. The smallest absolute Gasteiger partial charge is 0.387 e. The van der Waals surface area contributed by atoms with Gasteiger partial charge in [0.1, 0.15) is 5.75 Å². The van der Waals surface area contributed by atoms with Gasteiger partial charge in [0.25, 0.3) is 5.91 Å². The van der Waals surface area contributed by atoms with Crippen molar-refractivity contribution in [2.75, 3.05) is 0 Å². The van der Waals surface area contributed by atoms with Crippen LogP contribution in [0, 0.1) is 11.3 Å². The predicted octanol–water partition coefficient (Wildman–Crippen LogP) is 2.71. The third-order valence-electron chi connectivity index (χ3n) is 2.49. The summed E-state index contributed by atoms with van der Waals surface area (Å²) in [5.74, 6) is -0.488. The van der Waals surface area contributed by atoms with Crippen molar-refractivity contribution >= 4 is 5.91 Å². The highest BCUT2D eigenvalue weighted by Gasteiger charge is 2.13. The van der Waals surface area contributed by atoms with E-state index >= 15 is 0 Å². The molecule has 0 saturated carbocycles. The van der Waals surface area contributed by atoms with E-state index in [2.05, 4.69) is 10.1 Å². The molecule has 0 aliphatic heterocycles. The Balaban J connectivity index is 2.74. The van der Waals surface area contributed by atoms with Crippen LogP contribution in [0.4, 0.5) is 8.78 Å². The van der Waals surface area contributed by atoms with E-state index in [0.29, 0.717) is 6.42 Å². The first-order valence-electron chi connectivity index (χ1n) is 5.79. The molecule has 0 radical (unpaired) electrons. The van der Waals surface area contributed by atoms with Crippen molar-refractivity contribution < 1.29 is 18.3 Å². The highest BCUT2D eigenvalue weighted by molar-refractivity contribution is 5.94. The molecule has 4 nitrogen and oxygen atoms in total. The van der Waals surface area contributed by atoms with E-state index in [1.54, 1.807) is 0 Å². The van der Waals surface area contributed by atoms with Gasteiger partial charge in [-0.25, -0.2) is 0 Å². The Morgan fingerprint density at radius 2 is 2.26 bits per heavy atom. The molecule has 0 fully saturated rings. The fraction of sp³-hybridized carbons (Fsp3) is 0.385. The lowest BCUT2D eigenvalue weighted by Crippen LogP contribution is -2.34. The highest BCUT2D eigenvalue weighted by atomic mass is 19.3. The number of nitrogens with one attached hydrogen (secondary N) is 1. The number of hydrogen-bond donors (Lipinski definition) is 1. The second kappa shape index (κ2) is 7.31. The molecule has 1 rings (SSSR count). The molecule has 1 aromatic carbocycles. The number of ether oxygens (including phenoxy) is 1. The number of halogens is 2. The van der Waals surface area contributed by atoms with Gasteiger partial charge in [0.05, 0.1) is 12.5 Å². The molecule has 0 aliphatic rings. The van der Waals surface area contributed by atoms with Crippen LogP contribution in [0.1, 0.15) is 30.1 Å². The maximum absolute atomic E-state index is 12.1. The van der Waals surface area contributed by atoms with Crippen LogP contribution >= 0.6 is 0 Å². The van der Waals surface area contributed by atoms with Gasteiger partial charge < -0.3 is 10.1 Å². The molecule has 0 aliphatic carbocycles. The van der Waals surface area contributed by atoms with Gasteiger partial charge in [0.2, 0.25) is 0 Å². The normalized spacial score (nSPS) is 11.7. The van der Waals surface area contributed by atoms with Crippen LogP contribution in [0.3, 0.4) is 0 Å². The Bertz CT molecular complexity index is 472. The molecule has 0 heterocycles. The summed E-state index contributed by atoms with van der Waals surface area (Å²) in [6, 6.07) is 7.25.